The van der Waals surface area contributed by atoms with Gasteiger partial charge in [0.05, 0.1) is 23.3 Å². The molecule has 3 aromatic heterocycles. The summed E-state index contributed by atoms with van der Waals surface area (Å²) in [4.78, 5) is 12.6. The highest BCUT2D eigenvalue weighted by Crippen LogP contribution is 2.29. The van der Waals surface area contributed by atoms with Crippen LogP contribution < -0.4 is 5.32 Å². The van der Waals surface area contributed by atoms with Crippen LogP contribution in [0.4, 0.5) is 20.4 Å². The third-order valence-electron chi connectivity index (χ3n) is 4.09. The molecule has 138 valence electrons. The van der Waals surface area contributed by atoms with Crippen LogP contribution in [-0.4, -0.2) is 24.7 Å². The van der Waals surface area contributed by atoms with Crippen molar-refractivity contribution in [3.05, 3.63) is 65.4 Å². The molecule has 7 nitrogen and oxygen atoms in total. The number of halogens is 2. The van der Waals surface area contributed by atoms with E-state index in [0.29, 0.717) is 22.8 Å². The first kappa shape index (κ1) is 17.5. The van der Waals surface area contributed by atoms with Gasteiger partial charge in [0.25, 0.3) is 0 Å². The molecule has 0 amide bonds. The van der Waals surface area contributed by atoms with E-state index in [1.165, 1.54) is 24.4 Å². The third kappa shape index (κ3) is 2.91. The maximum absolute atomic E-state index is 14.6. The molecule has 0 fully saturated rings. The molecular formula is C19H13F2N7. The molecule has 1 aromatic carbocycles. The van der Waals surface area contributed by atoms with Gasteiger partial charge in [-0.2, -0.15) is 10.4 Å². The first-order valence-electron chi connectivity index (χ1n) is 8.28. The normalized spacial score (nSPS) is 10.8. The third-order valence-corrected chi connectivity index (χ3v) is 4.09. The second kappa shape index (κ2) is 6.66. The smallest absolute Gasteiger partial charge is 0.167 e. The minimum Gasteiger partial charge on any atom is -0.324 e. The number of pyridine rings is 1. The Kier molecular flexibility index (Phi) is 4.16. The SMILES string of the molecule is Cc1cc(Nc2ncc(F)c3c2cnn3-c2c(F)cccc2C#N)nc(C)n1. The van der Waals surface area contributed by atoms with E-state index in [2.05, 4.69) is 25.4 Å². The van der Waals surface area contributed by atoms with E-state index in [0.717, 1.165) is 16.6 Å². The summed E-state index contributed by atoms with van der Waals surface area (Å²) in [6.45, 7) is 3.58. The fourth-order valence-corrected chi connectivity index (χ4v) is 3.00. The van der Waals surface area contributed by atoms with Crippen LogP contribution >= 0.6 is 0 Å². The highest BCUT2D eigenvalue weighted by Gasteiger charge is 2.19. The minimum atomic E-state index is -0.694. The summed E-state index contributed by atoms with van der Waals surface area (Å²) in [7, 11) is 0. The van der Waals surface area contributed by atoms with Gasteiger partial charge in [-0.3, -0.25) is 0 Å². The predicted octanol–water partition coefficient (Wildman–Crippen LogP) is 3.72. The first-order chi connectivity index (χ1) is 13.5. The van der Waals surface area contributed by atoms with Gasteiger partial charge in [0.15, 0.2) is 5.82 Å². The average Bonchev–Trinajstić information content (AvgIpc) is 3.08. The molecule has 0 aliphatic carbocycles. The number of aryl methyl sites for hydroxylation is 2. The van der Waals surface area contributed by atoms with Crippen molar-refractivity contribution in [1.82, 2.24) is 24.7 Å². The van der Waals surface area contributed by atoms with Gasteiger partial charge in [0.2, 0.25) is 0 Å². The molecule has 4 rings (SSSR count). The Labute approximate surface area is 158 Å². The van der Waals surface area contributed by atoms with Crippen molar-refractivity contribution in [2.24, 2.45) is 0 Å². The fraction of sp³-hybridized carbons (Fsp3) is 0.105. The standard InChI is InChI=1S/C19H13F2N7/c1-10-6-16(26-11(2)25-10)27-19-13-8-24-28(18(13)15(21)9-23-19)17-12(7-22)4-3-5-14(17)20/h3-6,8-9H,1-2H3,(H,23,25,26,27). The predicted molar refractivity (Wildman–Crippen MR) is 98.3 cm³/mol. The van der Waals surface area contributed by atoms with Crippen molar-refractivity contribution >= 4 is 22.5 Å². The van der Waals surface area contributed by atoms with Crippen LogP contribution in [0.2, 0.25) is 0 Å². The molecule has 0 bridgehead atoms. The number of fused-ring (bicyclic) bond motifs is 1. The maximum atomic E-state index is 14.6. The molecule has 0 aliphatic rings. The van der Waals surface area contributed by atoms with Gasteiger partial charge in [-0.1, -0.05) is 6.07 Å². The monoisotopic (exact) mass is 377 g/mol. The number of hydrogen-bond donors (Lipinski definition) is 1. The van der Waals surface area contributed by atoms with Gasteiger partial charge in [0.1, 0.15) is 40.6 Å². The summed E-state index contributed by atoms with van der Waals surface area (Å²) in [5, 5.41) is 16.7. The molecule has 0 saturated carbocycles. The molecule has 0 radical (unpaired) electrons. The van der Waals surface area contributed by atoms with Crippen molar-refractivity contribution in [1.29, 1.82) is 5.26 Å². The van der Waals surface area contributed by atoms with Gasteiger partial charge in [-0.25, -0.2) is 28.4 Å². The number of aromatic nitrogens is 5. The van der Waals surface area contributed by atoms with Crippen molar-refractivity contribution < 1.29 is 8.78 Å². The zero-order chi connectivity index (χ0) is 19.8. The van der Waals surface area contributed by atoms with E-state index in [9.17, 15) is 14.0 Å². The highest BCUT2D eigenvalue weighted by molar-refractivity contribution is 5.92. The molecule has 0 saturated heterocycles. The zero-order valence-corrected chi connectivity index (χ0v) is 14.9. The fourth-order valence-electron chi connectivity index (χ4n) is 3.00. The Morgan fingerprint density at radius 2 is 1.93 bits per heavy atom. The van der Waals surface area contributed by atoms with Crippen molar-refractivity contribution in [2.45, 2.75) is 13.8 Å². The van der Waals surface area contributed by atoms with E-state index in [1.54, 1.807) is 13.0 Å². The molecule has 28 heavy (non-hydrogen) atoms. The van der Waals surface area contributed by atoms with Gasteiger partial charge < -0.3 is 5.32 Å². The Morgan fingerprint density at radius 3 is 2.68 bits per heavy atom. The summed E-state index contributed by atoms with van der Waals surface area (Å²) in [5.74, 6) is -0.0182. The van der Waals surface area contributed by atoms with Gasteiger partial charge in [-0.05, 0) is 26.0 Å². The Bertz CT molecular complexity index is 1240. The zero-order valence-electron chi connectivity index (χ0n) is 14.9. The van der Waals surface area contributed by atoms with Gasteiger partial charge in [-0.15, -0.1) is 0 Å². The van der Waals surface area contributed by atoms with Crippen LogP contribution in [0.25, 0.3) is 16.6 Å². The molecule has 9 heteroatoms. The lowest BCUT2D eigenvalue weighted by molar-refractivity contribution is 0.604. The molecule has 0 atom stereocenters. The summed E-state index contributed by atoms with van der Waals surface area (Å²) in [6.07, 6.45) is 2.37. The van der Waals surface area contributed by atoms with Crippen LogP contribution in [0.3, 0.4) is 0 Å². The van der Waals surface area contributed by atoms with Crippen LogP contribution in [0.15, 0.2) is 36.7 Å². The largest absolute Gasteiger partial charge is 0.324 e. The topological polar surface area (TPSA) is 92.3 Å². The molecule has 3 heterocycles. The van der Waals surface area contributed by atoms with Crippen LogP contribution in [-0.2, 0) is 0 Å². The lowest BCUT2D eigenvalue weighted by atomic mass is 10.2. The molecule has 0 spiro atoms. The summed E-state index contributed by atoms with van der Waals surface area (Å²) < 4.78 is 30.1. The lowest BCUT2D eigenvalue weighted by Gasteiger charge is -2.10. The molecule has 0 unspecified atom stereocenters. The minimum absolute atomic E-state index is 0.00148. The number of rotatable bonds is 3. The van der Waals surface area contributed by atoms with Gasteiger partial charge in [0, 0.05) is 11.8 Å². The number of hydrogen-bond acceptors (Lipinski definition) is 6. The van der Waals surface area contributed by atoms with Crippen molar-refractivity contribution in [3.8, 4) is 11.8 Å². The quantitative estimate of drug-likeness (QED) is 0.585. The molecule has 1 N–H and O–H groups in total. The molecule has 4 aromatic rings. The summed E-state index contributed by atoms with van der Waals surface area (Å²) >= 11 is 0. The lowest BCUT2D eigenvalue weighted by Crippen LogP contribution is -2.05. The number of anilines is 2. The van der Waals surface area contributed by atoms with Crippen molar-refractivity contribution in [2.75, 3.05) is 5.32 Å². The second-order valence-electron chi connectivity index (χ2n) is 6.09. The van der Waals surface area contributed by atoms with E-state index >= 15 is 0 Å². The Morgan fingerprint density at radius 1 is 1.11 bits per heavy atom. The molecule has 0 aliphatic heterocycles. The number of benzene rings is 1. The first-order valence-corrected chi connectivity index (χ1v) is 8.28. The summed E-state index contributed by atoms with van der Waals surface area (Å²) in [5.41, 5.74) is 0.679. The number of nitrogens with zero attached hydrogens (tertiary/aromatic N) is 6. The highest BCUT2D eigenvalue weighted by atomic mass is 19.1. The van der Waals surface area contributed by atoms with Crippen LogP contribution in [0.5, 0.6) is 0 Å². The number of para-hydroxylation sites is 1. The van der Waals surface area contributed by atoms with E-state index in [1.807, 2.05) is 13.0 Å². The van der Waals surface area contributed by atoms with Crippen LogP contribution in [0.1, 0.15) is 17.1 Å². The summed E-state index contributed by atoms with van der Waals surface area (Å²) in [6, 6.07) is 7.67. The Hall–Kier alpha value is -3.93. The van der Waals surface area contributed by atoms with E-state index in [4.69, 9.17) is 0 Å². The molecular weight excluding hydrogens is 364 g/mol. The number of nitrogens with one attached hydrogen (secondary N) is 1. The van der Waals surface area contributed by atoms with E-state index in [-0.39, 0.29) is 16.8 Å². The van der Waals surface area contributed by atoms with Gasteiger partial charge >= 0.3 is 0 Å². The van der Waals surface area contributed by atoms with Crippen molar-refractivity contribution in [3.63, 3.8) is 0 Å². The maximum Gasteiger partial charge on any atom is 0.167 e. The number of nitriles is 1. The van der Waals surface area contributed by atoms with E-state index < -0.39 is 11.6 Å². The second-order valence-corrected chi connectivity index (χ2v) is 6.09. The van der Waals surface area contributed by atoms with Crippen LogP contribution in [0, 0.1) is 36.8 Å². The average molecular weight is 377 g/mol. The Balaban J connectivity index is 1.90.